The van der Waals surface area contributed by atoms with Gasteiger partial charge in [-0.25, -0.2) is 14.3 Å². The lowest BCUT2D eigenvalue weighted by molar-refractivity contribution is -0.144. The second-order valence-electron chi connectivity index (χ2n) is 25.7. The Hall–Kier alpha value is -8.85. The molecular formula is C69H90N10O11. The molecule has 6 rings (SSSR count). The van der Waals surface area contributed by atoms with E-state index < -0.39 is 70.7 Å². The number of likely N-dealkylation sites (N-methyl/N-ethyl adjacent to an activating group) is 2. The Kier molecular flexibility index (Phi) is 24.2. The molecule has 5 atom stereocenters. The van der Waals surface area contributed by atoms with Crippen LogP contribution in [0.1, 0.15) is 129 Å². The van der Waals surface area contributed by atoms with Gasteiger partial charge in [0.05, 0.1) is 42.5 Å². The number of hydrogen-bond acceptors (Lipinski definition) is 13. The number of carboxylic acids is 1. The zero-order chi connectivity index (χ0) is 66.4. The van der Waals surface area contributed by atoms with Crippen LogP contribution < -0.4 is 31.9 Å². The third-order valence-corrected chi connectivity index (χ3v) is 16.8. The number of para-hydroxylation sites is 1. The number of nitrogens with two attached hydrogens (primary N) is 1. The molecule has 0 unspecified atom stereocenters. The fourth-order valence-corrected chi connectivity index (χ4v) is 11.4. The number of carboxylic acid groups (broad SMARTS) is 1. The molecule has 7 N–H and O–H groups in total. The molecule has 0 radical (unpaired) electrons. The van der Waals surface area contributed by atoms with Crippen molar-refractivity contribution in [3.63, 3.8) is 0 Å². The number of anilines is 1. The maximum absolute atomic E-state index is 14.3. The molecule has 2 heterocycles. The van der Waals surface area contributed by atoms with Crippen molar-refractivity contribution in [2.24, 2.45) is 36.0 Å². The lowest BCUT2D eigenvalue weighted by Crippen LogP contribution is -2.61. The average Bonchev–Trinajstić information content (AvgIpc) is 1.49. The van der Waals surface area contributed by atoms with Crippen LogP contribution in [0.5, 0.6) is 0 Å². The van der Waals surface area contributed by atoms with E-state index >= 15 is 0 Å². The lowest BCUT2D eigenvalue weighted by Gasteiger charge is -2.40. The van der Waals surface area contributed by atoms with E-state index in [9.17, 15) is 48.3 Å². The van der Waals surface area contributed by atoms with Crippen LogP contribution in [0.3, 0.4) is 0 Å². The molecule has 482 valence electrons. The summed E-state index contributed by atoms with van der Waals surface area (Å²) in [6.45, 7) is 18.6. The van der Waals surface area contributed by atoms with Gasteiger partial charge in [-0.1, -0.05) is 165 Å². The van der Waals surface area contributed by atoms with E-state index in [0.717, 1.165) is 27.9 Å². The number of aryl methyl sites for hydroxylation is 1. The highest BCUT2D eigenvalue weighted by atomic mass is 16.5. The molecule has 0 saturated carbocycles. The molecule has 90 heavy (non-hydrogen) atoms. The van der Waals surface area contributed by atoms with Crippen molar-refractivity contribution >= 4 is 58.9 Å². The molecular weight excluding hydrogens is 1140 g/mol. The molecule has 0 saturated heterocycles. The highest BCUT2D eigenvalue weighted by Crippen LogP contribution is 2.41. The summed E-state index contributed by atoms with van der Waals surface area (Å²) in [5.74, 6) is -4.95. The molecule has 1 aromatic heterocycles. The van der Waals surface area contributed by atoms with Gasteiger partial charge in [-0.2, -0.15) is 0 Å². The lowest BCUT2D eigenvalue weighted by atomic mass is 9.76. The first-order valence-corrected chi connectivity index (χ1v) is 30.7. The number of Topliss-reactive ketones (excluding diaryl/α,β-unsaturated/α-hetero) is 2. The minimum atomic E-state index is -1.08. The van der Waals surface area contributed by atoms with Crippen molar-refractivity contribution in [2.45, 2.75) is 157 Å². The van der Waals surface area contributed by atoms with E-state index in [4.69, 9.17) is 10.5 Å². The molecule has 5 aromatic rings. The Bertz CT molecular complexity index is 3450. The molecule has 0 aliphatic carbocycles. The van der Waals surface area contributed by atoms with Gasteiger partial charge in [-0.3, -0.25) is 33.6 Å². The SMILES string of the molecule is CN[C@H](C(=O)N[C@H](C(=O)N(C)[C@H](/C=C(\C)C(=O)O)C(C)C)C(C)(C)C)C(C)(C)c1cccc(CC(=O)OCc2ccc(CC(=O)[C@H](CCCNC(N)=O)NC(=O)[C@@H](CC(=O)CCC(=O)N3Cc4ccccc4-c4c(nnn4C)-c4ccccc43)C(C)C)cc2)c1. The largest absolute Gasteiger partial charge is 0.478 e. The number of aromatic nitrogens is 3. The van der Waals surface area contributed by atoms with Gasteiger partial charge >= 0.3 is 18.0 Å². The number of carbonyl (C=O) groups is 9. The molecule has 4 aromatic carbocycles. The second-order valence-corrected chi connectivity index (χ2v) is 25.7. The van der Waals surface area contributed by atoms with Gasteiger partial charge in [-0.15, -0.1) is 5.10 Å². The van der Waals surface area contributed by atoms with Crippen molar-refractivity contribution in [1.82, 2.24) is 41.2 Å². The van der Waals surface area contributed by atoms with Crippen molar-refractivity contribution in [2.75, 3.05) is 25.5 Å². The maximum atomic E-state index is 14.3. The summed E-state index contributed by atoms with van der Waals surface area (Å²) in [5.41, 5.74) is 11.1. The number of nitrogens with zero attached hydrogens (tertiary/aromatic N) is 5. The summed E-state index contributed by atoms with van der Waals surface area (Å²) >= 11 is 0. The molecule has 21 nitrogen and oxygen atoms in total. The van der Waals surface area contributed by atoms with Crippen LogP contribution in [0.4, 0.5) is 10.5 Å². The summed E-state index contributed by atoms with van der Waals surface area (Å²) in [5, 5.41) is 29.9. The number of primary amides is 1. The number of ketones is 2. The normalized spacial score (nSPS) is 14.1. The molecule has 6 amide bonds. The number of urea groups is 1. The Labute approximate surface area is 528 Å². The fraction of sp³-hybridized carbons (Fsp3) is 0.464. The van der Waals surface area contributed by atoms with Gasteiger partial charge in [0.15, 0.2) is 5.78 Å². The van der Waals surface area contributed by atoms with Crippen LogP contribution in [0.25, 0.3) is 22.5 Å². The van der Waals surface area contributed by atoms with E-state index in [0.29, 0.717) is 34.5 Å². The topological polar surface area (TPSA) is 294 Å². The van der Waals surface area contributed by atoms with Gasteiger partial charge in [0.1, 0.15) is 24.1 Å². The van der Waals surface area contributed by atoms with Crippen molar-refractivity contribution in [3.05, 3.63) is 137 Å². The van der Waals surface area contributed by atoms with Gasteiger partial charge in [0.2, 0.25) is 23.6 Å². The number of amides is 6. The predicted molar refractivity (Wildman–Crippen MR) is 344 cm³/mol. The number of aliphatic carboxylic acids is 1. The quantitative estimate of drug-likeness (QED) is 0.0150. The Morgan fingerprint density at radius 2 is 1.43 bits per heavy atom. The first-order chi connectivity index (χ1) is 42.4. The van der Waals surface area contributed by atoms with E-state index in [1.807, 2.05) is 130 Å². The molecule has 0 fully saturated rings. The summed E-state index contributed by atoms with van der Waals surface area (Å²) in [6, 6.07) is 25.5. The van der Waals surface area contributed by atoms with E-state index in [1.165, 1.54) is 11.8 Å². The van der Waals surface area contributed by atoms with Gasteiger partial charge < -0.3 is 46.6 Å². The van der Waals surface area contributed by atoms with Crippen LogP contribution >= 0.6 is 0 Å². The third kappa shape index (κ3) is 18.2. The second kappa shape index (κ2) is 31.1. The van der Waals surface area contributed by atoms with Crippen LogP contribution in [0.2, 0.25) is 0 Å². The molecule has 21 heteroatoms. The fourth-order valence-electron chi connectivity index (χ4n) is 11.4. The smallest absolute Gasteiger partial charge is 0.331 e. The Balaban J connectivity index is 1.05. The van der Waals surface area contributed by atoms with Crippen LogP contribution in [0, 0.1) is 23.2 Å². The summed E-state index contributed by atoms with van der Waals surface area (Å²) in [6.07, 6.45) is 1.53. The zero-order valence-electron chi connectivity index (χ0n) is 54.3. The highest BCUT2D eigenvalue weighted by molar-refractivity contribution is 6.02. The molecule has 1 aliphatic heterocycles. The predicted octanol–water partition coefficient (Wildman–Crippen LogP) is 7.95. The van der Waals surface area contributed by atoms with Gasteiger partial charge in [-0.05, 0) is 77.9 Å². The standard InChI is InChI=1S/C69H90N10O11/c1-41(2)52(38-49(80)31-32-57(82)79-39-47-21-14-15-23-50(47)60-59(75-76-78(60)13)51-24-16-17-26-54(51)79)63(84)73-53(25-19-33-72-67(70)89)56(81)36-44-27-29-45(30-28-44)40-90-58(83)37-46-20-18-22-48(35-46)69(9,10)61(71-11)64(85)74-62(68(6,7)8)65(86)77(12)55(42(3)4)34-43(5)66(87)88/h14-18,20-24,26-30,34-35,41-42,52-53,55,61-62,71H,19,25,31-33,36-40H2,1-13H3,(H,73,84)(H,74,85)(H,87,88)(H3,70,72,89)/b43-34+/t52-,53-,55+,61+,62+/m0/s1. The van der Waals surface area contributed by atoms with Crippen molar-refractivity contribution in [3.8, 4) is 22.5 Å². The maximum Gasteiger partial charge on any atom is 0.331 e. The summed E-state index contributed by atoms with van der Waals surface area (Å²) in [7, 11) is 5.10. The first kappa shape index (κ1) is 70.2. The highest BCUT2D eigenvalue weighted by Gasteiger charge is 2.42. The van der Waals surface area contributed by atoms with Crippen LogP contribution in [-0.4, -0.2) is 123 Å². The summed E-state index contributed by atoms with van der Waals surface area (Å²) < 4.78 is 7.43. The molecule has 0 spiro atoms. The number of nitrogens with one attached hydrogen (secondary N) is 4. The minimum absolute atomic E-state index is 0.0587. The van der Waals surface area contributed by atoms with Crippen molar-refractivity contribution < 1.29 is 53.0 Å². The molecule has 0 bridgehead atoms. The number of ether oxygens (including phenoxy) is 1. The minimum Gasteiger partial charge on any atom is -0.478 e. The number of hydrogen-bond donors (Lipinski definition) is 6. The van der Waals surface area contributed by atoms with E-state index in [-0.39, 0.29) is 99.0 Å². The van der Waals surface area contributed by atoms with Gasteiger partial charge in [0.25, 0.3) is 0 Å². The molecule has 1 aliphatic rings. The van der Waals surface area contributed by atoms with E-state index in [2.05, 4.69) is 31.6 Å². The van der Waals surface area contributed by atoms with E-state index in [1.54, 1.807) is 66.2 Å². The van der Waals surface area contributed by atoms with Crippen molar-refractivity contribution in [1.29, 1.82) is 0 Å². The van der Waals surface area contributed by atoms with Gasteiger partial charge in [0, 0.05) is 74.4 Å². The number of rotatable bonds is 29. The zero-order valence-corrected chi connectivity index (χ0v) is 54.3. The third-order valence-electron chi connectivity index (χ3n) is 16.8. The number of esters is 1. The number of carbonyl (C=O) groups excluding carboxylic acids is 8. The number of benzene rings is 4. The Morgan fingerprint density at radius 1 is 0.778 bits per heavy atom. The average molecular weight is 1240 g/mol. The monoisotopic (exact) mass is 1230 g/mol. The van der Waals surface area contributed by atoms with Crippen LogP contribution in [-0.2, 0) is 81.5 Å². The Morgan fingerprint density at radius 3 is 2.07 bits per heavy atom. The summed E-state index contributed by atoms with van der Waals surface area (Å²) in [4.78, 5) is 124. The number of fused-ring (bicyclic) bond motifs is 5. The first-order valence-electron chi connectivity index (χ1n) is 30.7. The van der Waals surface area contributed by atoms with Crippen LogP contribution in [0.15, 0.2) is 109 Å².